The highest BCUT2D eigenvalue weighted by Gasteiger charge is 2.24. The fraction of sp³-hybridized carbons (Fsp3) is 0.846. The van der Waals surface area contributed by atoms with E-state index in [2.05, 4.69) is 10.2 Å². The van der Waals surface area contributed by atoms with Crippen LogP contribution in [0.2, 0.25) is 0 Å². The smallest absolute Gasteiger partial charge is 0.273 e. The van der Waals surface area contributed by atoms with Crippen molar-refractivity contribution in [2.24, 2.45) is 11.1 Å². The molecule has 0 radical (unpaired) electrons. The molecule has 0 aromatic carbocycles. The molecule has 0 amide bonds. The van der Waals surface area contributed by atoms with E-state index in [0.29, 0.717) is 5.92 Å². The first-order chi connectivity index (χ1) is 9.39. The molecule has 1 aliphatic carbocycles. The van der Waals surface area contributed by atoms with Gasteiger partial charge in [0.1, 0.15) is 5.82 Å². The van der Waals surface area contributed by atoms with Crippen LogP contribution in [0.4, 0.5) is 0 Å². The molecule has 7 heteroatoms. The summed E-state index contributed by atoms with van der Waals surface area (Å²) in [6.45, 7) is 3.85. The molecule has 114 valence electrons. The van der Waals surface area contributed by atoms with Crippen LogP contribution in [-0.4, -0.2) is 23.2 Å². The van der Waals surface area contributed by atoms with Crippen molar-refractivity contribution in [1.82, 2.24) is 14.8 Å². The maximum atomic E-state index is 11.6. The molecule has 1 aromatic rings. The van der Waals surface area contributed by atoms with Crippen LogP contribution in [0.3, 0.4) is 0 Å². The van der Waals surface area contributed by atoms with Crippen LogP contribution >= 0.6 is 0 Å². The minimum absolute atomic E-state index is 0.0147. The Morgan fingerprint density at radius 2 is 1.80 bits per heavy atom. The highest BCUT2D eigenvalue weighted by atomic mass is 32.2. The van der Waals surface area contributed by atoms with Crippen molar-refractivity contribution in [2.75, 3.05) is 0 Å². The van der Waals surface area contributed by atoms with Crippen molar-refractivity contribution in [3.8, 4) is 0 Å². The Balaban J connectivity index is 2.25. The van der Waals surface area contributed by atoms with E-state index < -0.39 is 10.0 Å². The summed E-state index contributed by atoms with van der Waals surface area (Å²) >= 11 is 0. The predicted octanol–water partition coefficient (Wildman–Crippen LogP) is 2.02. The van der Waals surface area contributed by atoms with Gasteiger partial charge in [0.05, 0.1) is 0 Å². The number of sulfonamides is 1. The van der Waals surface area contributed by atoms with Gasteiger partial charge in [-0.15, -0.1) is 10.2 Å². The summed E-state index contributed by atoms with van der Waals surface area (Å²) in [5, 5.41) is 13.0. The Labute approximate surface area is 120 Å². The van der Waals surface area contributed by atoms with E-state index in [-0.39, 0.29) is 11.2 Å². The second kappa shape index (κ2) is 6.22. The van der Waals surface area contributed by atoms with Gasteiger partial charge in [-0.25, -0.2) is 13.6 Å². The molecule has 0 aliphatic heterocycles. The largest absolute Gasteiger partial charge is 0.298 e. The Bertz CT molecular complexity index is 543. The second-order valence-corrected chi connectivity index (χ2v) is 7.42. The molecule has 0 bridgehead atoms. The van der Waals surface area contributed by atoms with E-state index in [4.69, 9.17) is 5.14 Å². The second-order valence-electron chi connectivity index (χ2n) is 5.97. The Morgan fingerprint density at radius 1 is 1.20 bits per heavy atom. The molecular weight excluding hydrogens is 276 g/mol. The first-order valence-corrected chi connectivity index (χ1v) is 8.91. The fourth-order valence-electron chi connectivity index (χ4n) is 2.99. The lowest BCUT2D eigenvalue weighted by Gasteiger charge is -2.17. The minimum atomic E-state index is -3.82. The summed E-state index contributed by atoms with van der Waals surface area (Å²) in [6, 6.07) is -0.0147. The van der Waals surface area contributed by atoms with Gasteiger partial charge in [-0.05, 0) is 19.8 Å². The standard InChI is InChI=1S/C13H24N4O2S/c1-10(2)17-12(15-16-13(17)20(14,18)19)9-11-7-5-3-4-6-8-11/h10-11H,3-9H2,1-2H3,(H2,14,18,19). The highest BCUT2D eigenvalue weighted by molar-refractivity contribution is 7.89. The van der Waals surface area contributed by atoms with Gasteiger partial charge in [0.25, 0.3) is 15.2 Å². The van der Waals surface area contributed by atoms with Gasteiger partial charge in [-0.1, -0.05) is 38.5 Å². The molecule has 1 saturated carbocycles. The third-order valence-corrected chi connectivity index (χ3v) is 4.74. The third-order valence-electron chi connectivity index (χ3n) is 3.95. The van der Waals surface area contributed by atoms with Crippen molar-refractivity contribution in [1.29, 1.82) is 0 Å². The van der Waals surface area contributed by atoms with Gasteiger partial charge in [0, 0.05) is 12.5 Å². The molecule has 0 atom stereocenters. The van der Waals surface area contributed by atoms with Gasteiger partial charge >= 0.3 is 0 Å². The van der Waals surface area contributed by atoms with Crippen molar-refractivity contribution >= 4 is 10.0 Å². The van der Waals surface area contributed by atoms with Gasteiger partial charge in [-0.3, -0.25) is 4.57 Å². The monoisotopic (exact) mass is 300 g/mol. The molecule has 2 rings (SSSR count). The van der Waals surface area contributed by atoms with Crippen LogP contribution < -0.4 is 5.14 Å². The molecule has 2 N–H and O–H groups in total. The third kappa shape index (κ3) is 3.58. The molecule has 0 saturated heterocycles. The zero-order valence-corrected chi connectivity index (χ0v) is 13.1. The Kier molecular flexibility index (Phi) is 4.80. The molecule has 0 unspecified atom stereocenters. The van der Waals surface area contributed by atoms with E-state index in [0.717, 1.165) is 12.2 Å². The van der Waals surface area contributed by atoms with Crippen molar-refractivity contribution in [3.05, 3.63) is 5.82 Å². The summed E-state index contributed by atoms with van der Waals surface area (Å²) < 4.78 is 24.8. The van der Waals surface area contributed by atoms with Crippen molar-refractivity contribution < 1.29 is 8.42 Å². The van der Waals surface area contributed by atoms with E-state index in [1.807, 2.05) is 13.8 Å². The maximum Gasteiger partial charge on any atom is 0.273 e. The lowest BCUT2D eigenvalue weighted by atomic mass is 9.96. The van der Waals surface area contributed by atoms with E-state index >= 15 is 0 Å². The quantitative estimate of drug-likeness (QED) is 0.861. The summed E-state index contributed by atoms with van der Waals surface area (Å²) in [4.78, 5) is 0. The normalized spacial score (nSPS) is 18.4. The first-order valence-electron chi connectivity index (χ1n) is 7.36. The molecule has 0 spiro atoms. The molecule has 6 nitrogen and oxygen atoms in total. The number of rotatable bonds is 4. The lowest BCUT2D eigenvalue weighted by Crippen LogP contribution is -2.21. The van der Waals surface area contributed by atoms with E-state index in [1.54, 1.807) is 4.57 Å². The van der Waals surface area contributed by atoms with E-state index in [1.165, 1.54) is 38.5 Å². The first kappa shape index (κ1) is 15.4. The summed E-state index contributed by atoms with van der Waals surface area (Å²) in [5.74, 6) is 1.32. The molecular formula is C13H24N4O2S. The van der Waals surface area contributed by atoms with Crippen LogP contribution in [0.15, 0.2) is 5.16 Å². The zero-order valence-electron chi connectivity index (χ0n) is 12.2. The van der Waals surface area contributed by atoms with Gasteiger partial charge in [-0.2, -0.15) is 0 Å². The number of aromatic nitrogens is 3. The molecule has 20 heavy (non-hydrogen) atoms. The minimum Gasteiger partial charge on any atom is -0.298 e. The number of nitrogens with two attached hydrogens (primary N) is 1. The van der Waals surface area contributed by atoms with Gasteiger partial charge in [0.15, 0.2) is 0 Å². The zero-order chi connectivity index (χ0) is 14.8. The summed E-state index contributed by atoms with van der Waals surface area (Å²) in [7, 11) is -3.82. The average molecular weight is 300 g/mol. The average Bonchev–Trinajstić information content (AvgIpc) is 2.60. The highest BCUT2D eigenvalue weighted by Crippen LogP contribution is 2.27. The molecule has 1 heterocycles. The SMILES string of the molecule is CC(C)n1c(CC2CCCCCC2)nnc1S(N)(=O)=O. The van der Waals surface area contributed by atoms with Crippen molar-refractivity contribution in [3.63, 3.8) is 0 Å². The van der Waals surface area contributed by atoms with Gasteiger partial charge in [0.2, 0.25) is 0 Å². The fourth-order valence-corrected chi connectivity index (χ4v) is 3.73. The maximum absolute atomic E-state index is 11.6. The number of nitrogens with zero attached hydrogens (tertiary/aromatic N) is 3. The van der Waals surface area contributed by atoms with Crippen LogP contribution in [0.25, 0.3) is 0 Å². The van der Waals surface area contributed by atoms with Crippen molar-refractivity contribution in [2.45, 2.75) is 70.0 Å². The Hall–Kier alpha value is -0.950. The topological polar surface area (TPSA) is 90.9 Å². The Morgan fingerprint density at radius 3 is 2.30 bits per heavy atom. The van der Waals surface area contributed by atoms with Crippen LogP contribution in [0.1, 0.15) is 64.2 Å². The number of primary sulfonamides is 1. The number of hydrogen-bond acceptors (Lipinski definition) is 4. The molecule has 1 fully saturated rings. The number of hydrogen-bond donors (Lipinski definition) is 1. The van der Waals surface area contributed by atoms with Gasteiger partial charge < -0.3 is 0 Å². The summed E-state index contributed by atoms with van der Waals surface area (Å²) in [6.07, 6.45) is 8.28. The molecule has 1 aromatic heterocycles. The van der Waals surface area contributed by atoms with Crippen LogP contribution in [0.5, 0.6) is 0 Å². The van der Waals surface area contributed by atoms with Crippen LogP contribution in [0, 0.1) is 5.92 Å². The predicted molar refractivity (Wildman–Crippen MR) is 76.7 cm³/mol. The van der Waals surface area contributed by atoms with Crippen LogP contribution in [-0.2, 0) is 16.4 Å². The lowest BCUT2D eigenvalue weighted by molar-refractivity contribution is 0.422. The summed E-state index contributed by atoms with van der Waals surface area (Å²) in [5.41, 5.74) is 0. The molecule has 1 aliphatic rings. The van der Waals surface area contributed by atoms with E-state index in [9.17, 15) is 8.42 Å².